The first kappa shape index (κ1) is 29.7. The van der Waals surface area contributed by atoms with E-state index >= 15 is 0 Å². The number of amides is 1. The Morgan fingerprint density at radius 3 is 1.97 bits per heavy atom. The number of nitrogens with two attached hydrogens (primary N) is 2. The minimum atomic E-state index is -0.805. The number of ketones is 2. The van der Waals surface area contributed by atoms with E-state index in [1.165, 1.54) is 6.92 Å². The summed E-state index contributed by atoms with van der Waals surface area (Å²) in [5, 5.41) is 16.1. The second-order valence-electron chi connectivity index (χ2n) is 9.22. The summed E-state index contributed by atoms with van der Waals surface area (Å²) in [5.74, 6) is -0.798. The van der Waals surface area contributed by atoms with E-state index in [2.05, 4.69) is 16.0 Å². The van der Waals surface area contributed by atoms with Crippen LogP contribution in [0.2, 0.25) is 0 Å². The molecular formula is C28H40N6O3. The molecule has 0 spiro atoms. The average molecular weight is 509 g/mol. The number of guanidine groups is 1. The van der Waals surface area contributed by atoms with Gasteiger partial charge in [0.1, 0.15) is 5.78 Å². The number of Topliss-reactive ketones (excluding diaryl/α,β-unsaturated/α-hetero) is 2. The molecule has 9 nitrogen and oxygen atoms in total. The summed E-state index contributed by atoms with van der Waals surface area (Å²) in [7, 11) is 0. The number of carbonyl (C=O) groups is 3. The molecule has 0 heterocycles. The van der Waals surface area contributed by atoms with Gasteiger partial charge in [0, 0.05) is 6.54 Å². The second kappa shape index (κ2) is 15.5. The Morgan fingerprint density at radius 1 is 0.892 bits per heavy atom. The number of benzene rings is 2. The lowest BCUT2D eigenvalue weighted by Crippen LogP contribution is -2.56. The molecule has 0 aromatic heterocycles. The number of hydrogen-bond donors (Lipinski definition) is 6. The molecule has 37 heavy (non-hydrogen) atoms. The molecule has 2 aromatic rings. The molecule has 0 aliphatic heterocycles. The Bertz CT molecular complexity index is 1020. The van der Waals surface area contributed by atoms with E-state index in [0.717, 1.165) is 11.1 Å². The molecule has 2 aromatic carbocycles. The monoisotopic (exact) mass is 508 g/mol. The van der Waals surface area contributed by atoms with Crippen molar-refractivity contribution in [2.45, 2.75) is 70.1 Å². The Kier molecular flexibility index (Phi) is 12.5. The second-order valence-corrected chi connectivity index (χ2v) is 9.22. The van der Waals surface area contributed by atoms with Crippen LogP contribution in [0, 0.1) is 5.41 Å². The van der Waals surface area contributed by atoms with Crippen LogP contribution in [0.3, 0.4) is 0 Å². The fourth-order valence-corrected chi connectivity index (χ4v) is 4.13. The van der Waals surface area contributed by atoms with Crippen molar-refractivity contribution >= 4 is 23.4 Å². The van der Waals surface area contributed by atoms with Crippen molar-refractivity contribution < 1.29 is 14.4 Å². The van der Waals surface area contributed by atoms with Gasteiger partial charge in [-0.05, 0) is 50.2 Å². The third-order valence-corrected chi connectivity index (χ3v) is 6.21. The van der Waals surface area contributed by atoms with Gasteiger partial charge in [-0.15, -0.1) is 0 Å². The van der Waals surface area contributed by atoms with Crippen molar-refractivity contribution in [2.24, 2.45) is 11.5 Å². The largest absolute Gasteiger partial charge is 0.370 e. The van der Waals surface area contributed by atoms with Crippen LogP contribution < -0.4 is 27.4 Å². The van der Waals surface area contributed by atoms with Gasteiger partial charge in [-0.1, -0.05) is 67.6 Å². The van der Waals surface area contributed by atoms with Gasteiger partial charge in [-0.3, -0.25) is 25.1 Å². The van der Waals surface area contributed by atoms with E-state index in [4.69, 9.17) is 16.9 Å². The summed E-state index contributed by atoms with van der Waals surface area (Å²) < 4.78 is 0. The Labute approximate surface area is 219 Å². The van der Waals surface area contributed by atoms with E-state index in [1.54, 1.807) is 0 Å². The summed E-state index contributed by atoms with van der Waals surface area (Å²) in [6, 6.07) is 16.2. The number of carbonyl (C=O) groups excluding carboxylic acids is 3. The standard InChI is InChI=1S/C28H40N6O3/c1-3-23(33-24(19(2)35)15-10-16-32-28(30)31)26(36)25(18-21-13-8-5-9-14-21)34-27(37)22(29)17-20-11-6-4-7-12-20/h4-9,11-14,22-25,33H,3,10,15-18,29H2,1-2H3,(H,34,37)(H4,30,31,32). The topological polar surface area (TPSA) is 163 Å². The highest BCUT2D eigenvalue weighted by atomic mass is 16.2. The van der Waals surface area contributed by atoms with Crippen LogP contribution in [0.15, 0.2) is 60.7 Å². The van der Waals surface area contributed by atoms with Gasteiger partial charge < -0.3 is 22.1 Å². The highest BCUT2D eigenvalue weighted by Crippen LogP contribution is 2.11. The van der Waals surface area contributed by atoms with Gasteiger partial charge in [0.05, 0.1) is 24.2 Å². The number of nitrogens with one attached hydrogen (secondary N) is 4. The zero-order valence-corrected chi connectivity index (χ0v) is 21.7. The molecule has 9 heteroatoms. The van der Waals surface area contributed by atoms with Gasteiger partial charge in [0.15, 0.2) is 11.7 Å². The van der Waals surface area contributed by atoms with Crippen LogP contribution >= 0.6 is 0 Å². The van der Waals surface area contributed by atoms with Crippen molar-refractivity contribution in [3.05, 3.63) is 71.8 Å². The summed E-state index contributed by atoms with van der Waals surface area (Å²) in [6.45, 7) is 3.81. The Balaban J connectivity index is 2.14. The molecule has 4 atom stereocenters. The molecular weight excluding hydrogens is 468 g/mol. The summed E-state index contributed by atoms with van der Waals surface area (Å²) in [6.07, 6.45) is 2.20. The first-order chi connectivity index (χ1) is 17.7. The third-order valence-electron chi connectivity index (χ3n) is 6.21. The lowest BCUT2D eigenvalue weighted by molar-refractivity contribution is -0.130. The lowest BCUT2D eigenvalue weighted by Gasteiger charge is -2.27. The molecule has 0 fully saturated rings. The predicted octanol–water partition coefficient (Wildman–Crippen LogP) is 1.44. The molecule has 200 valence electrons. The molecule has 2 rings (SSSR count). The Hall–Kier alpha value is -3.56. The molecule has 0 bridgehead atoms. The molecule has 0 radical (unpaired) electrons. The molecule has 0 saturated heterocycles. The first-order valence-corrected chi connectivity index (χ1v) is 12.7. The van der Waals surface area contributed by atoms with E-state index in [-0.39, 0.29) is 17.5 Å². The molecule has 4 unspecified atom stereocenters. The van der Waals surface area contributed by atoms with Crippen LogP contribution in [0.5, 0.6) is 0 Å². The predicted molar refractivity (Wildman–Crippen MR) is 146 cm³/mol. The van der Waals surface area contributed by atoms with Gasteiger partial charge in [0.2, 0.25) is 5.91 Å². The normalized spacial score (nSPS) is 14.1. The third kappa shape index (κ3) is 10.5. The average Bonchev–Trinajstić information content (AvgIpc) is 2.88. The van der Waals surface area contributed by atoms with Gasteiger partial charge in [-0.25, -0.2) is 0 Å². The first-order valence-electron chi connectivity index (χ1n) is 12.7. The van der Waals surface area contributed by atoms with Crippen molar-refractivity contribution in [1.82, 2.24) is 16.0 Å². The van der Waals surface area contributed by atoms with Gasteiger partial charge in [0.25, 0.3) is 0 Å². The van der Waals surface area contributed by atoms with E-state index < -0.39 is 30.1 Å². The highest BCUT2D eigenvalue weighted by molar-refractivity contribution is 5.94. The zero-order chi connectivity index (χ0) is 27.2. The highest BCUT2D eigenvalue weighted by Gasteiger charge is 2.31. The van der Waals surface area contributed by atoms with Crippen LogP contribution in [0.4, 0.5) is 0 Å². The number of hydrogen-bond acceptors (Lipinski definition) is 6. The fraction of sp³-hybridized carbons (Fsp3) is 0.429. The smallest absolute Gasteiger partial charge is 0.237 e. The van der Waals surface area contributed by atoms with Crippen molar-refractivity contribution in [1.29, 1.82) is 5.41 Å². The minimum absolute atomic E-state index is 0.0809. The lowest BCUT2D eigenvalue weighted by atomic mass is 9.94. The molecule has 0 saturated carbocycles. The van der Waals surface area contributed by atoms with Crippen LogP contribution in [0.25, 0.3) is 0 Å². The maximum atomic E-state index is 13.7. The summed E-state index contributed by atoms with van der Waals surface area (Å²) in [5.41, 5.74) is 13.4. The van der Waals surface area contributed by atoms with Crippen LogP contribution in [0.1, 0.15) is 44.2 Å². The van der Waals surface area contributed by atoms with E-state index in [9.17, 15) is 14.4 Å². The van der Waals surface area contributed by atoms with E-state index in [1.807, 2.05) is 67.6 Å². The van der Waals surface area contributed by atoms with E-state index in [0.29, 0.717) is 38.6 Å². The van der Waals surface area contributed by atoms with Crippen LogP contribution in [-0.2, 0) is 27.2 Å². The zero-order valence-electron chi connectivity index (χ0n) is 21.7. The van der Waals surface area contributed by atoms with Gasteiger partial charge in [-0.2, -0.15) is 0 Å². The SMILES string of the molecule is CCC(NC(CCCNC(=N)N)C(C)=O)C(=O)C(Cc1ccccc1)NC(=O)C(N)Cc1ccccc1. The summed E-state index contributed by atoms with van der Waals surface area (Å²) >= 11 is 0. The maximum Gasteiger partial charge on any atom is 0.237 e. The molecule has 0 aliphatic rings. The Morgan fingerprint density at radius 2 is 1.46 bits per heavy atom. The molecule has 8 N–H and O–H groups in total. The molecule has 0 aliphatic carbocycles. The maximum absolute atomic E-state index is 13.7. The summed E-state index contributed by atoms with van der Waals surface area (Å²) in [4.78, 5) is 39.0. The fourth-order valence-electron chi connectivity index (χ4n) is 4.13. The van der Waals surface area contributed by atoms with Crippen LogP contribution in [-0.4, -0.2) is 54.1 Å². The van der Waals surface area contributed by atoms with Crippen molar-refractivity contribution in [3.63, 3.8) is 0 Å². The quantitative estimate of drug-likeness (QED) is 0.113. The number of rotatable bonds is 16. The van der Waals surface area contributed by atoms with Gasteiger partial charge >= 0.3 is 0 Å². The minimum Gasteiger partial charge on any atom is -0.370 e. The van der Waals surface area contributed by atoms with Crippen molar-refractivity contribution in [3.8, 4) is 0 Å². The molecule has 1 amide bonds. The van der Waals surface area contributed by atoms with Crippen molar-refractivity contribution in [2.75, 3.05) is 6.54 Å².